The van der Waals surface area contributed by atoms with E-state index in [0.29, 0.717) is 18.3 Å². The van der Waals surface area contributed by atoms with Crippen molar-refractivity contribution >= 4 is 12.0 Å². The molecule has 0 aliphatic rings. The quantitative estimate of drug-likeness (QED) is 0.713. The predicted molar refractivity (Wildman–Crippen MR) is 56.3 cm³/mol. The molecule has 0 fully saturated rings. The van der Waals surface area contributed by atoms with Crippen molar-refractivity contribution in [3.63, 3.8) is 0 Å². The summed E-state index contributed by atoms with van der Waals surface area (Å²) in [6.07, 6.45) is 3.73. The zero-order valence-corrected chi connectivity index (χ0v) is 9.24. The fourth-order valence-corrected chi connectivity index (χ4v) is 1.17. The molecular formula is C11H15NO3. The zero-order valence-electron chi connectivity index (χ0n) is 9.24. The molecule has 1 heterocycles. The van der Waals surface area contributed by atoms with E-state index in [-0.39, 0.29) is 12.4 Å². The summed E-state index contributed by atoms with van der Waals surface area (Å²) in [5.74, 6) is 0.805. The van der Waals surface area contributed by atoms with Crippen LogP contribution >= 0.6 is 0 Å². The highest BCUT2D eigenvalue weighted by Gasteiger charge is 2.12. The molecular weight excluding hydrogens is 194 g/mol. The van der Waals surface area contributed by atoms with E-state index in [2.05, 4.69) is 4.98 Å². The largest absolute Gasteiger partial charge is 0.466 e. The van der Waals surface area contributed by atoms with Gasteiger partial charge >= 0.3 is 5.97 Å². The van der Waals surface area contributed by atoms with Crippen LogP contribution in [-0.2, 0) is 16.0 Å². The van der Waals surface area contributed by atoms with Crippen molar-refractivity contribution in [3.05, 3.63) is 23.4 Å². The number of hydrogen-bond acceptors (Lipinski definition) is 4. The van der Waals surface area contributed by atoms with E-state index in [1.165, 1.54) is 0 Å². The number of rotatable bonds is 4. The highest BCUT2D eigenvalue weighted by molar-refractivity contribution is 5.72. The Bertz CT molecular complexity index is 366. The predicted octanol–water partition coefficient (Wildman–Crippen LogP) is 2.12. The average molecular weight is 209 g/mol. The molecule has 1 aromatic heterocycles. The first kappa shape index (κ1) is 11.5. The molecule has 1 rings (SSSR count). The number of esters is 1. The number of ether oxygens (including phenoxy) is 1. The molecule has 0 aliphatic carbocycles. The molecule has 0 saturated carbocycles. The van der Waals surface area contributed by atoms with Gasteiger partial charge in [0, 0.05) is 0 Å². The summed E-state index contributed by atoms with van der Waals surface area (Å²) in [4.78, 5) is 15.4. The first-order chi connectivity index (χ1) is 7.17. The van der Waals surface area contributed by atoms with E-state index in [9.17, 15) is 4.79 Å². The van der Waals surface area contributed by atoms with Crippen molar-refractivity contribution in [2.24, 2.45) is 0 Å². The lowest BCUT2D eigenvalue weighted by Crippen LogP contribution is -2.07. The van der Waals surface area contributed by atoms with Crippen molar-refractivity contribution < 1.29 is 13.9 Å². The molecule has 0 bridgehead atoms. The van der Waals surface area contributed by atoms with Crippen molar-refractivity contribution in [1.29, 1.82) is 0 Å². The Kier molecular flexibility index (Phi) is 4.09. The van der Waals surface area contributed by atoms with Crippen LogP contribution in [0.1, 0.15) is 31.2 Å². The second-order valence-corrected chi connectivity index (χ2v) is 3.04. The molecule has 82 valence electrons. The molecule has 0 radical (unpaired) electrons. The Hall–Kier alpha value is -1.58. The number of aromatic nitrogens is 1. The van der Waals surface area contributed by atoms with Gasteiger partial charge in [-0.05, 0) is 26.8 Å². The van der Waals surface area contributed by atoms with E-state index in [1.54, 1.807) is 13.0 Å². The van der Waals surface area contributed by atoms with E-state index in [1.807, 2.05) is 19.9 Å². The number of carbonyl (C=O) groups is 1. The van der Waals surface area contributed by atoms with E-state index in [0.717, 1.165) is 5.69 Å². The van der Waals surface area contributed by atoms with Gasteiger partial charge in [0.15, 0.2) is 0 Å². The van der Waals surface area contributed by atoms with E-state index < -0.39 is 0 Å². The van der Waals surface area contributed by atoms with Crippen molar-refractivity contribution in [1.82, 2.24) is 4.98 Å². The standard InChI is InChI=1S/C11H15NO3/c1-4-6-10-12-8(3)9(15-10)7-11(13)14-5-2/h4,6H,5,7H2,1-3H3/b6-4+. The summed E-state index contributed by atoms with van der Waals surface area (Å²) >= 11 is 0. The average Bonchev–Trinajstić information content (AvgIpc) is 2.48. The number of allylic oxidation sites excluding steroid dienone is 1. The van der Waals surface area contributed by atoms with Gasteiger partial charge in [-0.25, -0.2) is 4.98 Å². The molecule has 0 aromatic carbocycles. The van der Waals surface area contributed by atoms with Crippen LogP contribution in [0.5, 0.6) is 0 Å². The van der Waals surface area contributed by atoms with Crippen molar-refractivity contribution in [2.75, 3.05) is 6.61 Å². The highest BCUT2D eigenvalue weighted by atomic mass is 16.5. The lowest BCUT2D eigenvalue weighted by Gasteiger charge is -1.98. The molecule has 0 atom stereocenters. The molecule has 0 unspecified atom stereocenters. The van der Waals surface area contributed by atoms with E-state index in [4.69, 9.17) is 9.15 Å². The van der Waals surface area contributed by atoms with Gasteiger partial charge in [0.25, 0.3) is 0 Å². The Morgan fingerprint density at radius 2 is 2.33 bits per heavy atom. The minimum absolute atomic E-state index is 0.143. The van der Waals surface area contributed by atoms with Crippen molar-refractivity contribution in [3.8, 4) is 0 Å². The van der Waals surface area contributed by atoms with Gasteiger partial charge < -0.3 is 9.15 Å². The van der Waals surface area contributed by atoms with Gasteiger partial charge in [-0.3, -0.25) is 4.79 Å². The second kappa shape index (κ2) is 5.34. The first-order valence-corrected chi connectivity index (χ1v) is 4.92. The number of hydrogen-bond donors (Lipinski definition) is 0. The number of carbonyl (C=O) groups excluding carboxylic acids is 1. The fourth-order valence-electron chi connectivity index (χ4n) is 1.17. The summed E-state index contributed by atoms with van der Waals surface area (Å²) in [5, 5.41) is 0. The third-order valence-corrected chi connectivity index (χ3v) is 1.83. The number of oxazole rings is 1. The van der Waals surface area contributed by atoms with Crippen LogP contribution in [0.3, 0.4) is 0 Å². The summed E-state index contributed by atoms with van der Waals surface area (Å²) < 4.78 is 10.2. The summed E-state index contributed by atoms with van der Waals surface area (Å²) in [7, 11) is 0. The van der Waals surface area contributed by atoms with Crippen molar-refractivity contribution in [2.45, 2.75) is 27.2 Å². The third-order valence-electron chi connectivity index (χ3n) is 1.83. The van der Waals surface area contributed by atoms with Crippen LogP contribution in [0.2, 0.25) is 0 Å². The van der Waals surface area contributed by atoms with Gasteiger partial charge in [-0.1, -0.05) is 6.08 Å². The molecule has 0 amide bonds. The van der Waals surface area contributed by atoms with Crippen LogP contribution in [0.4, 0.5) is 0 Å². The minimum atomic E-state index is -0.288. The minimum Gasteiger partial charge on any atom is -0.466 e. The molecule has 4 nitrogen and oxygen atoms in total. The van der Waals surface area contributed by atoms with Gasteiger partial charge in [0.05, 0.1) is 12.3 Å². The van der Waals surface area contributed by atoms with Crippen LogP contribution in [0.15, 0.2) is 10.5 Å². The fraction of sp³-hybridized carbons (Fsp3) is 0.455. The van der Waals surface area contributed by atoms with Gasteiger partial charge in [0.1, 0.15) is 12.2 Å². The highest BCUT2D eigenvalue weighted by Crippen LogP contribution is 2.12. The first-order valence-electron chi connectivity index (χ1n) is 4.92. The topological polar surface area (TPSA) is 52.3 Å². The van der Waals surface area contributed by atoms with Crippen LogP contribution in [-0.4, -0.2) is 17.6 Å². The number of nitrogens with zero attached hydrogens (tertiary/aromatic N) is 1. The summed E-state index contributed by atoms with van der Waals surface area (Å²) in [5.41, 5.74) is 0.733. The maximum absolute atomic E-state index is 11.2. The van der Waals surface area contributed by atoms with Gasteiger partial charge in [-0.2, -0.15) is 0 Å². The third kappa shape index (κ3) is 3.23. The molecule has 4 heteroatoms. The molecule has 1 aromatic rings. The molecule has 0 saturated heterocycles. The zero-order chi connectivity index (χ0) is 11.3. The van der Waals surface area contributed by atoms with Gasteiger partial charge in [-0.15, -0.1) is 0 Å². The lowest BCUT2D eigenvalue weighted by atomic mass is 10.3. The molecule has 0 spiro atoms. The molecule has 15 heavy (non-hydrogen) atoms. The Balaban J connectivity index is 2.72. The maximum atomic E-state index is 11.2. The SMILES string of the molecule is C/C=C/c1nc(C)c(CC(=O)OCC)o1. The lowest BCUT2D eigenvalue weighted by molar-refractivity contribution is -0.142. The van der Waals surface area contributed by atoms with Gasteiger partial charge in [0.2, 0.25) is 5.89 Å². The molecule has 0 aliphatic heterocycles. The normalized spacial score (nSPS) is 10.9. The van der Waals surface area contributed by atoms with Crippen LogP contribution in [0, 0.1) is 6.92 Å². The Morgan fingerprint density at radius 3 is 2.93 bits per heavy atom. The number of aryl methyl sites for hydroxylation is 1. The smallest absolute Gasteiger partial charge is 0.313 e. The second-order valence-electron chi connectivity index (χ2n) is 3.04. The van der Waals surface area contributed by atoms with Crippen LogP contribution in [0.25, 0.3) is 6.08 Å². The Labute approximate surface area is 89.0 Å². The van der Waals surface area contributed by atoms with Crippen LogP contribution < -0.4 is 0 Å². The summed E-state index contributed by atoms with van der Waals surface area (Å²) in [6.45, 7) is 5.85. The maximum Gasteiger partial charge on any atom is 0.313 e. The Morgan fingerprint density at radius 1 is 1.60 bits per heavy atom. The summed E-state index contributed by atoms with van der Waals surface area (Å²) in [6, 6.07) is 0. The molecule has 0 N–H and O–H groups in total. The van der Waals surface area contributed by atoms with E-state index >= 15 is 0 Å². The monoisotopic (exact) mass is 209 g/mol.